The molecule has 0 amide bonds. The van der Waals surface area contributed by atoms with Crippen LogP contribution in [-0.2, 0) is 6.42 Å². The molecule has 5 nitrogen and oxygen atoms in total. The van der Waals surface area contributed by atoms with Gasteiger partial charge in [-0.2, -0.15) is 4.99 Å². The highest BCUT2D eigenvalue weighted by Gasteiger charge is 2.01. The van der Waals surface area contributed by atoms with Gasteiger partial charge < -0.3 is 16.8 Å². The minimum Gasteiger partial charge on any atom is -0.399 e. The summed E-state index contributed by atoms with van der Waals surface area (Å²) in [6.45, 7) is 0. The number of hydrogen-bond acceptors (Lipinski definition) is 3. The van der Waals surface area contributed by atoms with Gasteiger partial charge in [-0.15, -0.1) is 0 Å². The van der Waals surface area contributed by atoms with Crippen LogP contribution in [0.4, 0.5) is 17.2 Å². The molecule has 24 heavy (non-hydrogen) atoms. The van der Waals surface area contributed by atoms with Crippen LogP contribution in [0.2, 0.25) is 0 Å². The predicted molar refractivity (Wildman–Crippen MR) is 99.2 cm³/mol. The van der Waals surface area contributed by atoms with Crippen LogP contribution in [0, 0.1) is 0 Å². The summed E-state index contributed by atoms with van der Waals surface area (Å²) in [5.41, 5.74) is 15.4. The van der Waals surface area contributed by atoms with E-state index < -0.39 is 0 Å². The minimum atomic E-state index is 0.304. The minimum absolute atomic E-state index is 0.304. The Morgan fingerprint density at radius 1 is 0.917 bits per heavy atom. The highest BCUT2D eigenvalue weighted by molar-refractivity contribution is 5.93. The van der Waals surface area contributed by atoms with Crippen LogP contribution >= 0.6 is 0 Å². The number of rotatable bonds is 4. The summed E-state index contributed by atoms with van der Waals surface area (Å²) in [6, 6.07) is 23.1. The van der Waals surface area contributed by atoms with E-state index in [4.69, 9.17) is 11.5 Å². The smallest absolute Gasteiger partial charge is 0.199 e. The van der Waals surface area contributed by atoms with E-state index in [2.05, 4.69) is 15.3 Å². The monoisotopic (exact) mass is 317 g/mol. The van der Waals surface area contributed by atoms with Gasteiger partial charge in [-0.3, -0.25) is 0 Å². The highest BCUT2D eigenvalue weighted by atomic mass is 15.1. The lowest BCUT2D eigenvalue weighted by atomic mass is 10.1. The molecule has 3 aromatic rings. The van der Waals surface area contributed by atoms with Gasteiger partial charge in [0.05, 0.1) is 0 Å². The molecule has 3 rings (SSSR count). The van der Waals surface area contributed by atoms with Crippen molar-refractivity contribution in [1.82, 2.24) is 4.98 Å². The SMILES string of the molecule is NC(=Nc1cccc(Cc2ccc(N)cc2)n1)Nc1ccccc1. The van der Waals surface area contributed by atoms with Crippen molar-refractivity contribution in [3.63, 3.8) is 0 Å². The number of nitrogens with zero attached hydrogens (tertiary/aromatic N) is 2. The molecule has 0 saturated carbocycles. The second-order valence-electron chi connectivity index (χ2n) is 5.39. The van der Waals surface area contributed by atoms with Crippen LogP contribution in [0.1, 0.15) is 11.3 Å². The Balaban J connectivity index is 1.72. The van der Waals surface area contributed by atoms with E-state index in [1.54, 1.807) is 0 Å². The molecule has 0 atom stereocenters. The lowest BCUT2D eigenvalue weighted by Crippen LogP contribution is -2.21. The van der Waals surface area contributed by atoms with E-state index in [-0.39, 0.29) is 0 Å². The zero-order chi connectivity index (χ0) is 16.8. The van der Waals surface area contributed by atoms with Crippen LogP contribution in [0.5, 0.6) is 0 Å². The Hall–Kier alpha value is -3.34. The maximum absolute atomic E-state index is 5.94. The van der Waals surface area contributed by atoms with Gasteiger partial charge in [0.1, 0.15) is 0 Å². The third-order valence-corrected chi connectivity index (χ3v) is 3.44. The van der Waals surface area contributed by atoms with Gasteiger partial charge >= 0.3 is 0 Å². The first kappa shape index (κ1) is 15.6. The van der Waals surface area contributed by atoms with Crippen molar-refractivity contribution < 1.29 is 0 Å². The summed E-state index contributed by atoms with van der Waals surface area (Å²) in [6.07, 6.45) is 0.718. The lowest BCUT2D eigenvalue weighted by Gasteiger charge is -2.06. The first-order valence-corrected chi connectivity index (χ1v) is 7.65. The van der Waals surface area contributed by atoms with Gasteiger partial charge in [-0.05, 0) is 42.0 Å². The maximum atomic E-state index is 5.94. The topological polar surface area (TPSA) is 89.3 Å². The molecule has 0 saturated heterocycles. The summed E-state index contributed by atoms with van der Waals surface area (Å²) in [5, 5.41) is 3.04. The highest BCUT2D eigenvalue weighted by Crippen LogP contribution is 2.14. The summed E-state index contributed by atoms with van der Waals surface area (Å²) in [4.78, 5) is 8.86. The van der Waals surface area contributed by atoms with Gasteiger partial charge in [0.2, 0.25) is 0 Å². The fourth-order valence-electron chi connectivity index (χ4n) is 2.29. The number of nitrogens with two attached hydrogens (primary N) is 2. The number of aliphatic imine (C=N–C) groups is 1. The number of benzene rings is 2. The number of hydrogen-bond donors (Lipinski definition) is 3. The Labute approximate surface area is 141 Å². The van der Waals surface area contributed by atoms with Gasteiger partial charge in [0, 0.05) is 23.5 Å². The molecule has 0 aliphatic carbocycles. The fraction of sp³-hybridized carbons (Fsp3) is 0.0526. The Kier molecular flexibility index (Phi) is 4.72. The van der Waals surface area contributed by atoms with Crippen molar-refractivity contribution in [3.8, 4) is 0 Å². The zero-order valence-corrected chi connectivity index (χ0v) is 13.2. The van der Waals surface area contributed by atoms with E-state index >= 15 is 0 Å². The molecule has 1 aromatic heterocycles. The van der Waals surface area contributed by atoms with Crippen LogP contribution in [0.25, 0.3) is 0 Å². The average Bonchev–Trinajstić information content (AvgIpc) is 2.58. The van der Waals surface area contributed by atoms with Gasteiger partial charge in [0.15, 0.2) is 11.8 Å². The number of aromatic nitrogens is 1. The number of pyridine rings is 1. The predicted octanol–water partition coefficient (Wildman–Crippen LogP) is 3.31. The molecule has 0 aliphatic heterocycles. The molecular formula is C19H19N5. The van der Waals surface area contributed by atoms with Crippen LogP contribution < -0.4 is 16.8 Å². The summed E-state index contributed by atoms with van der Waals surface area (Å²) < 4.78 is 0. The maximum Gasteiger partial charge on any atom is 0.199 e. The Bertz CT molecular complexity index is 826. The number of nitrogen functional groups attached to an aromatic ring is 1. The molecule has 0 aliphatic rings. The van der Waals surface area contributed by atoms with Crippen molar-refractivity contribution in [1.29, 1.82) is 0 Å². The van der Waals surface area contributed by atoms with Crippen LogP contribution in [-0.4, -0.2) is 10.9 Å². The molecule has 2 aromatic carbocycles. The molecule has 0 bridgehead atoms. The Morgan fingerprint density at radius 2 is 1.67 bits per heavy atom. The molecule has 120 valence electrons. The van der Waals surface area contributed by atoms with Crippen molar-refractivity contribution in [2.75, 3.05) is 11.1 Å². The zero-order valence-electron chi connectivity index (χ0n) is 13.2. The number of nitrogens with one attached hydrogen (secondary N) is 1. The van der Waals surface area contributed by atoms with Gasteiger partial charge in [-0.1, -0.05) is 36.4 Å². The van der Waals surface area contributed by atoms with Gasteiger partial charge in [-0.25, -0.2) is 4.98 Å². The molecule has 5 heteroatoms. The molecule has 5 N–H and O–H groups in total. The average molecular weight is 317 g/mol. The molecule has 0 fully saturated rings. The van der Waals surface area contributed by atoms with Crippen LogP contribution in [0.3, 0.4) is 0 Å². The molecule has 0 radical (unpaired) electrons. The Morgan fingerprint density at radius 3 is 2.42 bits per heavy atom. The van der Waals surface area contributed by atoms with E-state index in [9.17, 15) is 0 Å². The van der Waals surface area contributed by atoms with E-state index in [1.807, 2.05) is 72.8 Å². The summed E-state index contributed by atoms with van der Waals surface area (Å²) in [7, 11) is 0. The third-order valence-electron chi connectivity index (χ3n) is 3.44. The third kappa shape index (κ3) is 4.33. The van der Waals surface area contributed by atoms with Crippen molar-refractivity contribution >= 4 is 23.2 Å². The fourth-order valence-corrected chi connectivity index (χ4v) is 2.29. The second-order valence-corrected chi connectivity index (χ2v) is 5.39. The molecule has 0 unspecified atom stereocenters. The molecular weight excluding hydrogens is 298 g/mol. The van der Waals surface area contributed by atoms with Gasteiger partial charge in [0.25, 0.3) is 0 Å². The van der Waals surface area contributed by atoms with Crippen molar-refractivity contribution in [2.45, 2.75) is 6.42 Å². The van der Waals surface area contributed by atoms with Crippen LogP contribution in [0.15, 0.2) is 77.8 Å². The quantitative estimate of drug-likeness (QED) is 0.391. The van der Waals surface area contributed by atoms with Crippen molar-refractivity contribution in [3.05, 3.63) is 84.1 Å². The lowest BCUT2D eigenvalue weighted by molar-refractivity contribution is 1.07. The first-order chi connectivity index (χ1) is 11.7. The van der Waals surface area contributed by atoms with E-state index in [0.717, 1.165) is 29.1 Å². The molecule has 1 heterocycles. The van der Waals surface area contributed by atoms with E-state index in [1.165, 1.54) is 0 Å². The summed E-state index contributed by atoms with van der Waals surface area (Å²) >= 11 is 0. The van der Waals surface area contributed by atoms with E-state index in [0.29, 0.717) is 11.8 Å². The molecule has 0 spiro atoms. The largest absolute Gasteiger partial charge is 0.399 e. The number of guanidine groups is 1. The van der Waals surface area contributed by atoms with Crippen molar-refractivity contribution in [2.24, 2.45) is 10.7 Å². The normalized spacial score (nSPS) is 11.2. The number of para-hydroxylation sites is 1. The number of anilines is 2. The first-order valence-electron chi connectivity index (χ1n) is 7.65. The second kappa shape index (κ2) is 7.28. The standard InChI is InChI=1S/C19H19N5/c20-15-11-9-14(10-12-15)13-17-7-4-8-18(22-17)24-19(21)23-16-5-2-1-3-6-16/h1-12H,13,20H2,(H3,21,22,23,24). The summed E-state index contributed by atoms with van der Waals surface area (Å²) in [5.74, 6) is 0.877.